The molecular weight excluding hydrogens is 228 g/mol. The molecule has 0 bridgehead atoms. The van der Waals surface area contributed by atoms with Gasteiger partial charge in [0.1, 0.15) is 0 Å². The van der Waals surface area contributed by atoms with Gasteiger partial charge < -0.3 is 15.1 Å². The lowest BCUT2D eigenvalue weighted by atomic mass is 10.1. The monoisotopic (exact) mass is 246 g/mol. The Hall–Kier alpha value is -1.62. The van der Waals surface area contributed by atoms with Crippen LogP contribution < -0.4 is 5.32 Å². The second-order valence-corrected chi connectivity index (χ2v) is 4.99. The van der Waals surface area contributed by atoms with Gasteiger partial charge in [-0.25, -0.2) is 4.79 Å². The zero-order valence-corrected chi connectivity index (χ0v) is 10.5. The molecular formula is C13H18N4O. The first-order valence-electron chi connectivity index (χ1n) is 6.41. The van der Waals surface area contributed by atoms with Crippen LogP contribution in [0, 0.1) is 0 Å². The third-order valence-electron chi connectivity index (χ3n) is 3.93. The Bertz CT molecular complexity index is 430. The number of aromatic nitrogens is 1. The smallest absolute Gasteiger partial charge is 0.319 e. The molecule has 18 heavy (non-hydrogen) atoms. The van der Waals surface area contributed by atoms with Crippen LogP contribution in [0.5, 0.6) is 0 Å². The number of nitrogens with zero attached hydrogens (tertiary/aromatic N) is 3. The van der Waals surface area contributed by atoms with Gasteiger partial charge in [0.2, 0.25) is 0 Å². The van der Waals surface area contributed by atoms with Crippen LogP contribution in [0.1, 0.15) is 18.0 Å². The van der Waals surface area contributed by atoms with Crippen LogP contribution in [-0.2, 0) is 0 Å². The molecule has 1 aromatic heterocycles. The van der Waals surface area contributed by atoms with Crippen molar-refractivity contribution in [3.63, 3.8) is 0 Å². The van der Waals surface area contributed by atoms with Crippen LogP contribution in [0.2, 0.25) is 0 Å². The van der Waals surface area contributed by atoms with E-state index in [0.717, 1.165) is 31.6 Å². The molecule has 2 fully saturated rings. The predicted molar refractivity (Wildman–Crippen MR) is 68.1 cm³/mol. The highest BCUT2D eigenvalue weighted by Gasteiger charge is 2.39. The second kappa shape index (κ2) is 4.57. The number of pyridine rings is 1. The maximum atomic E-state index is 12.3. The topological polar surface area (TPSA) is 48.5 Å². The molecule has 2 unspecified atom stereocenters. The van der Waals surface area contributed by atoms with E-state index in [1.807, 2.05) is 35.2 Å². The van der Waals surface area contributed by atoms with Crippen molar-refractivity contribution in [1.29, 1.82) is 0 Å². The van der Waals surface area contributed by atoms with E-state index >= 15 is 0 Å². The van der Waals surface area contributed by atoms with Gasteiger partial charge in [-0.15, -0.1) is 0 Å². The molecule has 0 radical (unpaired) electrons. The molecule has 0 aliphatic carbocycles. The number of urea groups is 1. The lowest BCUT2D eigenvalue weighted by molar-refractivity contribution is 0.184. The molecule has 5 nitrogen and oxygen atoms in total. The summed E-state index contributed by atoms with van der Waals surface area (Å²) in [6.07, 6.45) is 4.67. The molecule has 5 heteroatoms. The van der Waals surface area contributed by atoms with E-state index < -0.39 is 0 Å². The normalized spacial score (nSPS) is 28.2. The summed E-state index contributed by atoms with van der Waals surface area (Å²) in [6.45, 7) is 2.70. The summed E-state index contributed by atoms with van der Waals surface area (Å²) in [4.78, 5) is 20.2. The molecule has 1 N–H and O–H groups in total. The van der Waals surface area contributed by atoms with E-state index in [2.05, 4.69) is 10.3 Å². The van der Waals surface area contributed by atoms with Crippen molar-refractivity contribution in [1.82, 2.24) is 20.1 Å². The Kier molecular flexibility index (Phi) is 2.91. The average Bonchev–Trinajstić information content (AvgIpc) is 3.01. The summed E-state index contributed by atoms with van der Waals surface area (Å²) in [5.41, 5.74) is 1.11. The third kappa shape index (κ3) is 1.84. The lowest BCUT2D eigenvalue weighted by Gasteiger charge is -2.22. The zero-order valence-electron chi connectivity index (χ0n) is 10.5. The number of nitrogens with one attached hydrogen (secondary N) is 1. The number of likely N-dealkylation sites (N-methyl/N-ethyl adjacent to an activating group) is 1. The number of carbonyl (C=O) groups is 1. The van der Waals surface area contributed by atoms with Gasteiger partial charge in [0.15, 0.2) is 0 Å². The van der Waals surface area contributed by atoms with Crippen molar-refractivity contribution in [2.45, 2.75) is 18.5 Å². The summed E-state index contributed by atoms with van der Waals surface area (Å²) in [6, 6.07) is 4.58. The maximum Gasteiger partial charge on any atom is 0.320 e. The van der Waals surface area contributed by atoms with Gasteiger partial charge in [-0.05, 0) is 24.6 Å². The number of amides is 2. The Labute approximate surface area is 107 Å². The Morgan fingerprint density at radius 1 is 1.50 bits per heavy atom. The zero-order chi connectivity index (χ0) is 12.5. The van der Waals surface area contributed by atoms with Gasteiger partial charge in [0.25, 0.3) is 0 Å². The fourth-order valence-electron chi connectivity index (χ4n) is 2.84. The number of hydrogen-bond acceptors (Lipinski definition) is 3. The molecule has 0 aromatic carbocycles. The SMILES string of the molecule is CN1C(=O)N(C2CCNC2)CC1c1cccnc1. The van der Waals surface area contributed by atoms with Gasteiger partial charge in [0.05, 0.1) is 6.04 Å². The number of rotatable bonds is 2. The molecule has 0 spiro atoms. The summed E-state index contributed by atoms with van der Waals surface area (Å²) >= 11 is 0. The second-order valence-electron chi connectivity index (χ2n) is 4.99. The van der Waals surface area contributed by atoms with Crippen LogP contribution in [0.3, 0.4) is 0 Å². The standard InChI is InChI=1S/C13H18N4O/c1-16-12(10-3-2-5-14-7-10)9-17(13(16)18)11-4-6-15-8-11/h2-3,5,7,11-12,15H,4,6,8-9H2,1H3. The minimum atomic E-state index is 0.131. The largest absolute Gasteiger partial charge is 0.320 e. The van der Waals surface area contributed by atoms with Gasteiger partial charge in [-0.1, -0.05) is 6.07 Å². The van der Waals surface area contributed by atoms with E-state index in [0.29, 0.717) is 6.04 Å². The molecule has 2 aliphatic heterocycles. The summed E-state index contributed by atoms with van der Waals surface area (Å²) in [5.74, 6) is 0. The fourth-order valence-corrected chi connectivity index (χ4v) is 2.84. The van der Waals surface area contributed by atoms with E-state index in [1.54, 1.807) is 6.20 Å². The first-order valence-corrected chi connectivity index (χ1v) is 6.41. The number of hydrogen-bond donors (Lipinski definition) is 1. The lowest BCUT2D eigenvalue weighted by Crippen LogP contribution is -2.39. The minimum absolute atomic E-state index is 0.131. The van der Waals surface area contributed by atoms with Crippen molar-refractivity contribution in [3.8, 4) is 0 Å². The van der Waals surface area contributed by atoms with Crippen molar-refractivity contribution in [2.24, 2.45) is 0 Å². The Morgan fingerprint density at radius 2 is 2.39 bits per heavy atom. The van der Waals surface area contributed by atoms with Gasteiger partial charge in [0, 0.05) is 38.6 Å². The van der Waals surface area contributed by atoms with Crippen molar-refractivity contribution in [2.75, 3.05) is 26.7 Å². The van der Waals surface area contributed by atoms with E-state index in [-0.39, 0.29) is 12.1 Å². The van der Waals surface area contributed by atoms with E-state index in [9.17, 15) is 4.79 Å². The minimum Gasteiger partial charge on any atom is -0.319 e. The summed E-state index contributed by atoms with van der Waals surface area (Å²) < 4.78 is 0. The van der Waals surface area contributed by atoms with Gasteiger partial charge in [-0.2, -0.15) is 0 Å². The molecule has 2 aliphatic rings. The van der Waals surface area contributed by atoms with Crippen LogP contribution in [0.4, 0.5) is 4.79 Å². The summed E-state index contributed by atoms with van der Waals surface area (Å²) in [5, 5.41) is 3.31. The first kappa shape index (κ1) is 11.5. The van der Waals surface area contributed by atoms with Crippen molar-refractivity contribution >= 4 is 6.03 Å². The highest BCUT2D eigenvalue weighted by molar-refractivity contribution is 5.77. The van der Waals surface area contributed by atoms with Crippen LogP contribution in [0.15, 0.2) is 24.5 Å². The van der Waals surface area contributed by atoms with Crippen molar-refractivity contribution < 1.29 is 4.79 Å². The fraction of sp³-hybridized carbons (Fsp3) is 0.538. The highest BCUT2D eigenvalue weighted by atomic mass is 16.2. The third-order valence-corrected chi connectivity index (χ3v) is 3.93. The predicted octanol–water partition coefficient (Wildman–Crippen LogP) is 0.852. The quantitative estimate of drug-likeness (QED) is 0.841. The molecule has 96 valence electrons. The molecule has 3 rings (SSSR count). The maximum absolute atomic E-state index is 12.3. The summed E-state index contributed by atoms with van der Waals surface area (Å²) in [7, 11) is 1.88. The van der Waals surface area contributed by atoms with E-state index in [1.165, 1.54) is 0 Å². The molecule has 2 saturated heterocycles. The Morgan fingerprint density at radius 3 is 3.06 bits per heavy atom. The molecule has 2 atom stereocenters. The molecule has 0 saturated carbocycles. The molecule has 2 amide bonds. The van der Waals surface area contributed by atoms with Crippen LogP contribution in [0.25, 0.3) is 0 Å². The highest BCUT2D eigenvalue weighted by Crippen LogP contribution is 2.29. The Balaban J connectivity index is 1.80. The van der Waals surface area contributed by atoms with Crippen LogP contribution >= 0.6 is 0 Å². The molecule has 3 heterocycles. The van der Waals surface area contributed by atoms with Gasteiger partial charge in [-0.3, -0.25) is 4.98 Å². The first-order chi connectivity index (χ1) is 8.77. The van der Waals surface area contributed by atoms with Crippen molar-refractivity contribution in [3.05, 3.63) is 30.1 Å². The van der Waals surface area contributed by atoms with E-state index in [4.69, 9.17) is 0 Å². The average molecular weight is 246 g/mol. The number of carbonyl (C=O) groups excluding carboxylic acids is 1. The van der Waals surface area contributed by atoms with Crippen LogP contribution in [-0.4, -0.2) is 53.5 Å². The van der Waals surface area contributed by atoms with Gasteiger partial charge >= 0.3 is 6.03 Å². The molecule has 1 aromatic rings.